The Morgan fingerprint density at radius 1 is 1.30 bits per heavy atom. The second-order valence-electron chi connectivity index (χ2n) is 4.79. The predicted octanol–water partition coefficient (Wildman–Crippen LogP) is 1.51. The molecule has 5 nitrogen and oxygen atoms in total. The molecular formula is C14H19ClN2O3. The Hall–Kier alpha value is -1.46. The number of nitrogens with zero attached hydrogens (tertiary/aromatic N) is 2. The summed E-state index contributed by atoms with van der Waals surface area (Å²) in [6, 6.07) is 7.97. The minimum absolute atomic E-state index is 0.396. The van der Waals surface area contributed by atoms with Gasteiger partial charge in [0.05, 0.1) is 7.11 Å². The summed E-state index contributed by atoms with van der Waals surface area (Å²) in [7, 11) is 1.65. The van der Waals surface area contributed by atoms with Gasteiger partial charge in [-0.3, -0.25) is 9.69 Å². The van der Waals surface area contributed by atoms with Gasteiger partial charge in [0.15, 0.2) is 0 Å². The average Bonchev–Trinajstić information content (AvgIpc) is 2.48. The molecule has 0 radical (unpaired) electrons. The van der Waals surface area contributed by atoms with E-state index in [0.717, 1.165) is 37.6 Å². The van der Waals surface area contributed by atoms with Crippen molar-refractivity contribution in [1.82, 2.24) is 4.90 Å². The van der Waals surface area contributed by atoms with Gasteiger partial charge in [-0.15, -0.1) is 11.6 Å². The number of ether oxygens (including phenoxy) is 1. The van der Waals surface area contributed by atoms with E-state index in [4.69, 9.17) is 21.4 Å². The Morgan fingerprint density at radius 2 is 1.90 bits per heavy atom. The lowest BCUT2D eigenvalue weighted by atomic mass is 10.2. The van der Waals surface area contributed by atoms with Crippen LogP contribution >= 0.6 is 11.6 Å². The van der Waals surface area contributed by atoms with Gasteiger partial charge in [0, 0.05) is 38.4 Å². The highest BCUT2D eigenvalue weighted by atomic mass is 35.5. The van der Waals surface area contributed by atoms with E-state index in [0.29, 0.717) is 6.54 Å². The maximum atomic E-state index is 10.7. The first kappa shape index (κ1) is 14.9. The molecule has 1 aromatic carbocycles. The van der Waals surface area contributed by atoms with Crippen molar-refractivity contribution < 1.29 is 14.6 Å². The second-order valence-corrected chi connectivity index (χ2v) is 5.32. The SMILES string of the molecule is COc1ccc(N2CCN(CC(Cl)C(=O)O)CC2)cc1. The molecule has 1 unspecified atom stereocenters. The van der Waals surface area contributed by atoms with Crippen molar-refractivity contribution in [2.75, 3.05) is 44.7 Å². The van der Waals surface area contributed by atoms with E-state index in [9.17, 15) is 4.79 Å². The quantitative estimate of drug-likeness (QED) is 0.835. The van der Waals surface area contributed by atoms with Crippen LogP contribution in [0.4, 0.5) is 5.69 Å². The van der Waals surface area contributed by atoms with E-state index >= 15 is 0 Å². The lowest BCUT2D eigenvalue weighted by Gasteiger charge is -2.36. The molecule has 0 aromatic heterocycles. The highest BCUT2D eigenvalue weighted by Gasteiger charge is 2.22. The van der Waals surface area contributed by atoms with Gasteiger partial charge in [0.2, 0.25) is 0 Å². The van der Waals surface area contributed by atoms with Crippen LogP contribution in [0.25, 0.3) is 0 Å². The fraction of sp³-hybridized carbons (Fsp3) is 0.500. The van der Waals surface area contributed by atoms with Crippen LogP contribution in [0.15, 0.2) is 24.3 Å². The third kappa shape index (κ3) is 3.77. The molecule has 0 aliphatic carbocycles. The average molecular weight is 299 g/mol. The summed E-state index contributed by atoms with van der Waals surface area (Å²) in [5.41, 5.74) is 1.16. The summed E-state index contributed by atoms with van der Waals surface area (Å²) in [4.78, 5) is 15.1. The van der Waals surface area contributed by atoms with E-state index < -0.39 is 11.3 Å². The summed E-state index contributed by atoms with van der Waals surface area (Å²) < 4.78 is 5.14. The third-order valence-corrected chi connectivity index (χ3v) is 3.82. The Kier molecular flexibility index (Phi) is 5.09. The zero-order valence-corrected chi connectivity index (χ0v) is 12.2. The molecule has 1 aromatic rings. The van der Waals surface area contributed by atoms with E-state index in [2.05, 4.69) is 9.80 Å². The molecule has 2 rings (SSSR count). The van der Waals surface area contributed by atoms with Crippen LogP contribution in [0.2, 0.25) is 0 Å². The molecule has 1 aliphatic heterocycles. The molecule has 6 heteroatoms. The molecule has 1 heterocycles. The predicted molar refractivity (Wildman–Crippen MR) is 78.9 cm³/mol. The van der Waals surface area contributed by atoms with Crippen molar-refractivity contribution in [2.45, 2.75) is 5.38 Å². The zero-order valence-electron chi connectivity index (χ0n) is 11.5. The van der Waals surface area contributed by atoms with Gasteiger partial charge in [-0.25, -0.2) is 0 Å². The van der Waals surface area contributed by atoms with Crippen LogP contribution in [-0.2, 0) is 4.79 Å². The molecule has 110 valence electrons. The normalized spacial score (nSPS) is 17.8. The highest BCUT2D eigenvalue weighted by molar-refractivity contribution is 6.29. The molecular weight excluding hydrogens is 280 g/mol. The number of aliphatic carboxylic acids is 1. The molecule has 1 aliphatic rings. The van der Waals surface area contributed by atoms with Gasteiger partial charge >= 0.3 is 5.97 Å². The van der Waals surface area contributed by atoms with Crippen molar-refractivity contribution >= 4 is 23.3 Å². The molecule has 1 saturated heterocycles. The highest BCUT2D eigenvalue weighted by Crippen LogP contribution is 2.20. The minimum Gasteiger partial charge on any atom is -0.497 e. The zero-order chi connectivity index (χ0) is 14.5. The Bertz CT molecular complexity index is 444. The molecule has 1 atom stereocenters. The number of carboxylic acid groups (broad SMARTS) is 1. The largest absolute Gasteiger partial charge is 0.497 e. The number of benzene rings is 1. The first-order valence-electron chi connectivity index (χ1n) is 6.58. The number of carbonyl (C=O) groups is 1. The Balaban J connectivity index is 1.85. The lowest BCUT2D eigenvalue weighted by molar-refractivity contribution is -0.137. The van der Waals surface area contributed by atoms with Crippen LogP contribution in [0, 0.1) is 0 Å². The first-order valence-corrected chi connectivity index (χ1v) is 7.02. The molecule has 1 fully saturated rings. The van der Waals surface area contributed by atoms with Gasteiger partial charge in [-0.05, 0) is 24.3 Å². The van der Waals surface area contributed by atoms with Crippen LogP contribution in [-0.4, -0.2) is 61.2 Å². The van der Waals surface area contributed by atoms with Gasteiger partial charge in [0.25, 0.3) is 0 Å². The van der Waals surface area contributed by atoms with Gasteiger partial charge in [-0.1, -0.05) is 0 Å². The topological polar surface area (TPSA) is 53.0 Å². The lowest BCUT2D eigenvalue weighted by Crippen LogP contribution is -2.48. The standard InChI is InChI=1S/C14H19ClN2O3/c1-20-12-4-2-11(3-5-12)17-8-6-16(7-9-17)10-13(15)14(18)19/h2-5,13H,6-10H2,1H3,(H,18,19). The van der Waals surface area contributed by atoms with Crippen molar-refractivity contribution in [2.24, 2.45) is 0 Å². The van der Waals surface area contributed by atoms with Gasteiger partial charge in [0.1, 0.15) is 11.1 Å². The Morgan fingerprint density at radius 3 is 2.40 bits per heavy atom. The van der Waals surface area contributed by atoms with Crippen LogP contribution in [0.3, 0.4) is 0 Å². The number of piperazine rings is 1. The number of methoxy groups -OCH3 is 1. The number of alkyl halides is 1. The number of rotatable bonds is 5. The van der Waals surface area contributed by atoms with Gasteiger partial charge < -0.3 is 14.7 Å². The third-order valence-electron chi connectivity index (χ3n) is 3.50. The van der Waals surface area contributed by atoms with Crippen LogP contribution in [0.5, 0.6) is 5.75 Å². The van der Waals surface area contributed by atoms with E-state index in [1.54, 1.807) is 7.11 Å². The van der Waals surface area contributed by atoms with Crippen molar-refractivity contribution in [3.8, 4) is 5.75 Å². The molecule has 0 saturated carbocycles. The maximum absolute atomic E-state index is 10.7. The minimum atomic E-state index is -0.954. The number of hydrogen-bond acceptors (Lipinski definition) is 4. The maximum Gasteiger partial charge on any atom is 0.322 e. The van der Waals surface area contributed by atoms with E-state index in [1.165, 1.54) is 0 Å². The number of carboxylic acids is 1. The molecule has 0 amide bonds. The van der Waals surface area contributed by atoms with Crippen LogP contribution < -0.4 is 9.64 Å². The van der Waals surface area contributed by atoms with E-state index in [-0.39, 0.29) is 0 Å². The number of anilines is 1. The molecule has 0 spiro atoms. The van der Waals surface area contributed by atoms with Gasteiger partial charge in [-0.2, -0.15) is 0 Å². The number of halogens is 1. The first-order chi connectivity index (χ1) is 9.60. The van der Waals surface area contributed by atoms with Crippen molar-refractivity contribution in [3.63, 3.8) is 0 Å². The second kappa shape index (κ2) is 6.81. The molecule has 0 bridgehead atoms. The summed E-state index contributed by atoms with van der Waals surface area (Å²) in [6.07, 6.45) is 0. The van der Waals surface area contributed by atoms with Crippen LogP contribution in [0.1, 0.15) is 0 Å². The Labute approximate surface area is 123 Å². The number of hydrogen-bond donors (Lipinski definition) is 1. The summed E-state index contributed by atoms with van der Waals surface area (Å²) in [6.45, 7) is 3.78. The fourth-order valence-electron chi connectivity index (χ4n) is 2.29. The van der Waals surface area contributed by atoms with Crippen molar-refractivity contribution in [1.29, 1.82) is 0 Å². The smallest absolute Gasteiger partial charge is 0.322 e. The van der Waals surface area contributed by atoms with E-state index in [1.807, 2.05) is 24.3 Å². The monoisotopic (exact) mass is 298 g/mol. The summed E-state index contributed by atoms with van der Waals surface area (Å²) >= 11 is 5.77. The summed E-state index contributed by atoms with van der Waals surface area (Å²) in [5.74, 6) is -0.108. The molecule has 20 heavy (non-hydrogen) atoms. The summed E-state index contributed by atoms with van der Waals surface area (Å²) in [5, 5.41) is 7.98. The van der Waals surface area contributed by atoms with Crippen molar-refractivity contribution in [3.05, 3.63) is 24.3 Å². The fourth-order valence-corrected chi connectivity index (χ4v) is 2.48. The molecule has 1 N–H and O–H groups in total.